The lowest BCUT2D eigenvalue weighted by Crippen LogP contribution is -2.32. The van der Waals surface area contributed by atoms with Crippen LogP contribution in [0.3, 0.4) is 0 Å². The Kier molecular flexibility index (Phi) is 6.57. The first-order valence-corrected chi connectivity index (χ1v) is 8.24. The standard InChI is InChI=1S/C7H15BrO4Si/c1-7(9)12-5-4-6-13(8,10-2)11-3/h4-6H2,1-3H3. The third-order valence-electron chi connectivity index (χ3n) is 1.53. The van der Waals surface area contributed by atoms with Crippen LogP contribution in [0.5, 0.6) is 0 Å². The fourth-order valence-corrected chi connectivity index (χ4v) is 2.77. The van der Waals surface area contributed by atoms with E-state index in [2.05, 4.69) is 15.3 Å². The van der Waals surface area contributed by atoms with Crippen molar-refractivity contribution in [3.8, 4) is 0 Å². The van der Waals surface area contributed by atoms with Crippen molar-refractivity contribution in [2.24, 2.45) is 0 Å². The van der Waals surface area contributed by atoms with E-state index in [1.807, 2.05) is 0 Å². The quantitative estimate of drug-likeness (QED) is 0.318. The van der Waals surface area contributed by atoms with E-state index in [-0.39, 0.29) is 5.97 Å². The van der Waals surface area contributed by atoms with Crippen molar-refractivity contribution in [1.82, 2.24) is 0 Å². The van der Waals surface area contributed by atoms with Crippen LogP contribution >= 0.6 is 15.3 Å². The summed E-state index contributed by atoms with van der Waals surface area (Å²) in [5.74, 6) is -0.253. The highest BCUT2D eigenvalue weighted by Gasteiger charge is 2.31. The molecule has 0 aliphatic heterocycles. The molecule has 0 aromatic carbocycles. The molecule has 0 radical (unpaired) electrons. The number of halogens is 1. The molecule has 0 atom stereocenters. The van der Waals surface area contributed by atoms with Crippen molar-refractivity contribution >= 4 is 28.4 Å². The maximum Gasteiger partial charge on any atom is 0.413 e. The fraction of sp³-hybridized carbons (Fsp3) is 0.857. The van der Waals surface area contributed by atoms with Crippen LogP contribution in [0.1, 0.15) is 13.3 Å². The Morgan fingerprint density at radius 1 is 1.38 bits per heavy atom. The van der Waals surface area contributed by atoms with E-state index in [0.29, 0.717) is 6.61 Å². The molecule has 0 rings (SSSR count). The van der Waals surface area contributed by atoms with E-state index >= 15 is 0 Å². The highest BCUT2D eigenvalue weighted by molar-refractivity contribution is 9.25. The smallest absolute Gasteiger partial charge is 0.413 e. The number of carbonyl (C=O) groups is 1. The Labute approximate surface area is 87.4 Å². The first-order chi connectivity index (χ1) is 6.04. The molecule has 0 fully saturated rings. The zero-order valence-electron chi connectivity index (χ0n) is 8.13. The molecular weight excluding hydrogens is 256 g/mol. The first-order valence-electron chi connectivity index (χ1n) is 3.96. The van der Waals surface area contributed by atoms with Crippen molar-refractivity contribution in [2.45, 2.75) is 19.4 Å². The molecule has 78 valence electrons. The highest BCUT2D eigenvalue weighted by atomic mass is 79.9. The monoisotopic (exact) mass is 270 g/mol. The van der Waals surface area contributed by atoms with Crippen LogP contribution in [-0.2, 0) is 18.4 Å². The molecule has 0 unspecified atom stereocenters. The second kappa shape index (κ2) is 6.53. The van der Waals surface area contributed by atoms with Gasteiger partial charge in [0.05, 0.1) is 6.61 Å². The van der Waals surface area contributed by atoms with Crippen LogP contribution in [0, 0.1) is 0 Å². The lowest BCUT2D eigenvalue weighted by molar-refractivity contribution is -0.140. The lowest BCUT2D eigenvalue weighted by atomic mass is 10.5. The SMILES string of the molecule is CO[Si](Br)(CCCOC(C)=O)OC. The van der Waals surface area contributed by atoms with Crippen molar-refractivity contribution in [3.63, 3.8) is 0 Å². The minimum Gasteiger partial charge on any atom is -0.466 e. The van der Waals surface area contributed by atoms with Crippen LogP contribution in [0.4, 0.5) is 0 Å². The third-order valence-corrected chi connectivity index (χ3v) is 6.84. The van der Waals surface area contributed by atoms with E-state index in [0.717, 1.165) is 12.5 Å². The zero-order chi connectivity index (χ0) is 10.3. The van der Waals surface area contributed by atoms with Crippen molar-refractivity contribution < 1.29 is 18.4 Å². The summed E-state index contributed by atoms with van der Waals surface area (Å²) in [6.45, 7) is 1.81. The molecule has 0 aromatic heterocycles. The molecule has 0 amide bonds. The molecule has 13 heavy (non-hydrogen) atoms. The van der Waals surface area contributed by atoms with E-state index in [1.165, 1.54) is 6.92 Å². The molecule has 0 saturated carbocycles. The van der Waals surface area contributed by atoms with Gasteiger partial charge in [0.25, 0.3) is 0 Å². The Balaban J connectivity index is 3.55. The third kappa shape index (κ3) is 6.20. The minimum atomic E-state index is -2.15. The van der Waals surface area contributed by atoms with Gasteiger partial charge in [0.2, 0.25) is 0 Å². The summed E-state index contributed by atoms with van der Waals surface area (Å²) in [6.07, 6.45) is 0.749. The van der Waals surface area contributed by atoms with Crippen molar-refractivity contribution in [1.29, 1.82) is 0 Å². The molecule has 0 spiro atoms. The number of hydrogen-bond donors (Lipinski definition) is 0. The van der Waals surface area contributed by atoms with Crippen LogP contribution in [0.15, 0.2) is 0 Å². The Morgan fingerprint density at radius 2 is 1.92 bits per heavy atom. The van der Waals surface area contributed by atoms with Gasteiger partial charge in [-0.2, -0.15) is 0 Å². The molecular formula is C7H15BrO4Si. The topological polar surface area (TPSA) is 44.8 Å². The minimum absolute atomic E-state index is 0.253. The fourth-order valence-electron chi connectivity index (χ4n) is 0.787. The van der Waals surface area contributed by atoms with Crippen LogP contribution < -0.4 is 0 Å². The first kappa shape index (κ1) is 13.1. The van der Waals surface area contributed by atoms with Gasteiger partial charge in [0, 0.05) is 27.2 Å². The van der Waals surface area contributed by atoms with Crippen LogP contribution in [-0.4, -0.2) is 34.0 Å². The average molecular weight is 271 g/mol. The molecule has 0 N–H and O–H groups in total. The highest BCUT2D eigenvalue weighted by Crippen LogP contribution is 2.20. The zero-order valence-corrected chi connectivity index (χ0v) is 10.7. The molecule has 0 aliphatic carbocycles. The number of esters is 1. The number of hydrogen-bond acceptors (Lipinski definition) is 4. The van der Waals surface area contributed by atoms with Gasteiger partial charge in [-0.15, -0.1) is 0 Å². The van der Waals surface area contributed by atoms with Gasteiger partial charge in [-0.05, 0) is 6.42 Å². The maximum absolute atomic E-state index is 10.4. The normalized spacial score (nSPS) is 11.4. The largest absolute Gasteiger partial charge is 0.466 e. The summed E-state index contributed by atoms with van der Waals surface area (Å²) in [5, 5.41) is 0. The molecule has 0 heterocycles. The Morgan fingerprint density at radius 3 is 2.31 bits per heavy atom. The van der Waals surface area contributed by atoms with Gasteiger partial charge in [0.1, 0.15) is 0 Å². The van der Waals surface area contributed by atoms with Crippen molar-refractivity contribution in [3.05, 3.63) is 0 Å². The predicted molar refractivity (Wildman–Crippen MR) is 54.8 cm³/mol. The van der Waals surface area contributed by atoms with E-state index < -0.39 is 7.18 Å². The van der Waals surface area contributed by atoms with Crippen LogP contribution in [0.25, 0.3) is 0 Å². The average Bonchev–Trinajstić information content (AvgIpc) is 2.12. The molecule has 0 aromatic rings. The van der Waals surface area contributed by atoms with E-state index in [9.17, 15) is 4.79 Å². The number of ether oxygens (including phenoxy) is 1. The summed E-state index contributed by atoms with van der Waals surface area (Å²) < 4.78 is 15.2. The molecule has 0 saturated heterocycles. The van der Waals surface area contributed by atoms with Gasteiger partial charge in [-0.1, -0.05) is 15.3 Å². The molecule has 6 heteroatoms. The molecule has 4 nitrogen and oxygen atoms in total. The van der Waals surface area contributed by atoms with E-state index in [1.54, 1.807) is 14.2 Å². The second-order valence-corrected chi connectivity index (χ2v) is 8.77. The van der Waals surface area contributed by atoms with Crippen LogP contribution in [0.2, 0.25) is 6.04 Å². The number of carbonyl (C=O) groups excluding carboxylic acids is 1. The summed E-state index contributed by atoms with van der Waals surface area (Å²) in [5.41, 5.74) is 0. The lowest BCUT2D eigenvalue weighted by Gasteiger charge is -2.19. The number of rotatable bonds is 6. The van der Waals surface area contributed by atoms with Crippen molar-refractivity contribution in [2.75, 3.05) is 20.8 Å². The molecule has 0 bridgehead atoms. The Bertz CT molecular complexity index is 161. The summed E-state index contributed by atoms with van der Waals surface area (Å²) in [7, 11) is 1.07. The second-order valence-electron chi connectivity index (χ2n) is 2.51. The van der Waals surface area contributed by atoms with Gasteiger partial charge in [-0.3, -0.25) is 4.79 Å². The van der Waals surface area contributed by atoms with Gasteiger partial charge in [-0.25, -0.2) is 0 Å². The summed E-state index contributed by atoms with van der Waals surface area (Å²) >= 11 is 3.40. The Hall–Kier alpha value is 0.0869. The van der Waals surface area contributed by atoms with Gasteiger partial charge >= 0.3 is 13.1 Å². The molecule has 0 aliphatic rings. The predicted octanol–water partition coefficient (Wildman–Crippen LogP) is 1.57. The van der Waals surface area contributed by atoms with Gasteiger partial charge in [0.15, 0.2) is 0 Å². The van der Waals surface area contributed by atoms with Gasteiger partial charge < -0.3 is 13.6 Å². The van der Waals surface area contributed by atoms with E-state index in [4.69, 9.17) is 13.6 Å². The summed E-state index contributed by atoms with van der Waals surface area (Å²) in [4.78, 5) is 10.4. The summed E-state index contributed by atoms with van der Waals surface area (Å²) in [6, 6.07) is 0.757. The maximum atomic E-state index is 10.4.